The zero-order valence-corrected chi connectivity index (χ0v) is 20.6. The number of nitrogens with zero attached hydrogens (tertiary/aromatic N) is 1. The molecular formula is C24H34N4O4S. The highest BCUT2D eigenvalue weighted by Gasteiger charge is 2.44. The van der Waals surface area contributed by atoms with Gasteiger partial charge in [0.15, 0.2) is 0 Å². The Bertz CT molecular complexity index is 1050. The van der Waals surface area contributed by atoms with Crippen LogP contribution in [0.4, 0.5) is 5.69 Å². The summed E-state index contributed by atoms with van der Waals surface area (Å²) in [4.78, 5) is 12.9. The summed E-state index contributed by atoms with van der Waals surface area (Å²) in [6.45, 7) is 7.77. The SMILES string of the molecule is COc1cccc(CNC(=O)CN(c2ccc(C(C)C)cc2)S(=O)(=O)C2C(C)NNC2C)c1. The molecule has 0 aromatic heterocycles. The number of sulfonamides is 1. The van der Waals surface area contributed by atoms with Crippen molar-refractivity contribution in [2.24, 2.45) is 0 Å². The Kier molecular flexibility index (Phi) is 7.99. The molecule has 1 fully saturated rings. The van der Waals surface area contributed by atoms with Gasteiger partial charge >= 0.3 is 0 Å². The van der Waals surface area contributed by atoms with Gasteiger partial charge in [0.25, 0.3) is 0 Å². The standard InChI is InChI=1S/C24H34N4O4S/c1-16(2)20-9-11-21(12-10-20)28(33(30,31)24-17(3)26-27-18(24)4)15-23(29)25-14-19-7-6-8-22(13-19)32-5/h6-13,16-18,24,26-27H,14-15H2,1-5H3,(H,25,29). The summed E-state index contributed by atoms with van der Waals surface area (Å²) in [6, 6.07) is 14.1. The Balaban J connectivity index is 1.84. The molecule has 0 bridgehead atoms. The first kappa shape index (κ1) is 25.0. The van der Waals surface area contributed by atoms with E-state index in [4.69, 9.17) is 4.74 Å². The lowest BCUT2D eigenvalue weighted by Crippen LogP contribution is -2.50. The van der Waals surface area contributed by atoms with E-state index in [1.54, 1.807) is 19.2 Å². The number of hydrazine groups is 1. The van der Waals surface area contributed by atoms with E-state index in [0.717, 1.165) is 11.1 Å². The van der Waals surface area contributed by atoms with Crippen LogP contribution >= 0.6 is 0 Å². The summed E-state index contributed by atoms with van der Waals surface area (Å²) in [5.74, 6) is 0.632. The third-order valence-corrected chi connectivity index (χ3v) is 8.39. The molecule has 1 heterocycles. The van der Waals surface area contributed by atoms with Gasteiger partial charge in [-0.1, -0.05) is 38.1 Å². The van der Waals surface area contributed by atoms with E-state index in [1.807, 2.05) is 50.2 Å². The number of rotatable bonds is 9. The Morgan fingerprint density at radius 2 is 1.73 bits per heavy atom. The van der Waals surface area contributed by atoms with Gasteiger partial charge in [-0.2, -0.15) is 0 Å². The highest BCUT2D eigenvalue weighted by atomic mass is 32.2. The summed E-state index contributed by atoms with van der Waals surface area (Å²) in [6.07, 6.45) is 0. The molecule has 180 valence electrons. The summed E-state index contributed by atoms with van der Waals surface area (Å²) in [7, 11) is -2.26. The highest BCUT2D eigenvalue weighted by molar-refractivity contribution is 7.93. The van der Waals surface area contributed by atoms with Gasteiger partial charge in [0, 0.05) is 18.6 Å². The molecule has 8 nitrogen and oxygen atoms in total. The largest absolute Gasteiger partial charge is 0.497 e. The average molecular weight is 475 g/mol. The van der Waals surface area contributed by atoms with Gasteiger partial charge in [0.1, 0.15) is 17.5 Å². The van der Waals surface area contributed by atoms with Crippen molar-refractivity contribution >= 4 is 21.6 Å². The maximum atomic E-state index is 13.7. The first-order chi connectivity index (χ1) is 15.6. The molecule has 3 rings (SSSR count). The van der Waals surface area contributed by atoms with E-state index >= 15 is 0 Å². The molecule has 1 aliphatic rings. The van der Waals surface area contributed by atoms with Crippen molar-refractivity contribution in [3.63, 3.8) is 0 Å². The number of anilines is 1. The lowest BCUT2D eigenvalue weighted by atomic mass is 10.0. The Morgan fingerprint density at radius 1 is 1.09 bits per heavy atom. The predicted octanol–water partition coefficient (Wildman–Crippen LogP) is 2.52. The van der Waals surface area contributed by atoms with Gasteiger partial charge < -0.3 is 10.1 Å². The number of carbonyl (C=O) groups is 1. The molecule has 0 aliphatic carbocycles. The number of benzene rings is 2. The van der Waals surface area contributed by atoms with E-state index in [2.05, 4.69) is 30.0 Å². The third kappa shape index (κ3) is 5.85. The molecule has 2 atom stereocenters. The first-order valence-corrected chi connectivity index (χ1v) is 12.7. The molecule has 33 heavy (non-hydrogen) atoms. The molecule has 3 N–H and O–H groups in total. The van der Waals surface area contributed by atoms with Gasteiger partial charge in [0.2, 0.25) is 15.9 Å². The molecule has 9 heteroatoms. The van der Waals surface area contributed by atoms with Gasteiger partial charge in [-0.05, 0) is 55.2 Å². The lowest BCUT2D eigenvalue weighted by molar-refractivity contribution is -0.119. The first-order valence-electron chi connectivity index (χ1n) is 11.2. The number of amides is 1. The molecule has 2 unspecified atom stereocenters. The zero-order valence-electron chi connectivity index (χ0n) is 19.8. The fourth-order valence-electron chi connectivity index (χ4n) is 4.05. The van der Waals surface area contributed by atoms with Crippen LogP contribution in [0.2, 0.25) is 0 Å². The second-order valence-electron chi connectivity index (χ2n) is 8.76. The zero-order chi connectivity index (χ0) is 24.2. The summed E-state index contributed by atoms with van der Waals surface area (Å²) in [5, 5.41) is 2.12. The van der Waals surface area contributed by atoms with Crippen LogP contribution in [0.3, 0.4) is 0 Å². The second kappa shape index (κ2) is 10.5. The Hall–Kier alpha value is -2.62. The maximum absolute atomic E-state index is 13.7. The molecule has 0 saturated carbocycles. The lowest BCUT2D eigenvalue weighted by Gasteiger charge is -2.30. The molecule has 1 saturated heterocycles. The number of hydrogen-bond acceptors (Lipinski definition) is 6. The minimum Gasteiger partial charge on any atom is -0.497 e. The second-order valence-corrected chi connectivity index (χ2v) is 10.8. The fourth-order valence-corrected chi connectivity index (χ4v) is 6.22. The van der Waals surface area contributed by atoms with Crippen LogP contribution in [0.25, 0.3) is 0 Å². The van der Waals surface area contributed by atoms with Crippen molar-refractivity contribution in [3.05, 3.63) is 59.7 Å². The Morgan fingerprint density at radius 3 is 2.30 bits per heavy atom. The van der Waals surface area contributed by atoms with E-state index in [1.165, 1.54) is 4.31 Å². The summed E-state index contributed by atoms with van der Waals surface area (Å²) >= 11 is 0. The van der Waals surface area contributed by atoms with E-state index in [-0.39, 0.29) is 31.1 Å². The van der Waals surface area contributed by atoms with Crippen molar-refractivity contribution in [3.8, 4) is 5.75 Å². The topological polar surface area (TPSA) is 99.8 Å². The maximum Gasteiger partial charge on any atom is 0.241 e. The number of ether oxygens (including phenoxy) is 1. The van der Waals surface area contributed by atoms with Crippen LogP contribution in [-0.4, -0.2) is 45.3 Å². The van der Waals surface area contributed by atoms with Gasteiger partial charge in [-0.15, -0.1) is 0 Å². The number of hydrogen-bond donors (Lipinski definition) is 3. The van der Waals surface area contributed by atoms with Crippen LogP contribution in [-0.2, 0) is 21.4 Å². The highest BCUT2D eigenvalue weighted by Crippen LogP contribution is 2.27. The molecular weight excluding hydrogens is 440 g/mol. The normalized spacial score (nSPS) is 20.6. The van der Waals surface area contributed by atoms with Crippen molar-refractivity contribution in [1.82, 2.24) is 16.2 Å². The van der Waals surface area contributed by atoms with Crippen LogP contribution in [0.15, 0.2) is 48.5 Å². The average Bonchev–Trinajstić information content (AvgIpc) is 3.14. The molecule has 1 aliphatic heterocycles. The van der Waals surface area contributed by atoms with Crippen LogP contribution in [0.5, 0.6) is 5.75 Å². The minimum absolute atomic E-state index is 0.273. The van der Waals surface area contributed by atoms with E-state index in [0.29, 0.717) is 17.4 Å². The molecule has 0 spiro atoms. The van der Waals surface area contributed by atoms with Crippen LogP contribution < -0.4 is 25.2 Å². The quantitative estimate of drug-likeness (QED) is 0.517. The third-order valence-electron chi connectivity index (χ3n) is 5.93. The van der Waals surface area contributed by atoms with Crippen molar-refractivity contribution in [1.29, 1.82) is 0 Å². The Labute approximate surface area is 196 Å². The van der Waals surface area contributed by atoms with Crippen molar-refractivity contribution in [2.45, 2.75) is 57.5 Å². The van der Waals surface area contributed by atoms with E-state index in [9.17, 15) is 13.2 Å². The van der Waals surface area contributed by atoms with Gasteiger partial charge in [-0.25, -0.2) is 8.42 Å². The number of carbonyl (C=O) groups excluding carboxylic acids is 1. The summed E-state index contributed by atoms with van der Waals surface area (Å²) in [5.41, 5.74) is 8.44. The number of methoxy groups -OCH3 is 1. The fraction of sp³-hybridized carbons (Fsp3) is 0.458. The predicted molar refractivity (Wildman–Crippen MR) is 131 cm³/mol. The smallest absolute Gasteiger partial charge is 0.241 e. The molecule has 2 aromatic rings. The monoisotopic (exact) mass is 474 g/mol. The van der Waals surface area contributed by atoms with Gasteiger partial charge in [-0.3, -0.25) is 20.0 Å². The summed E-state index contributed by atoms with van der Waals surface area (Å²) < 4.78 is 33.9. The molecule has 0 radical (unpaired) electrons. The van der Waals surface area contributed by atoms with Crippen molar-refractivity contribution in [2.75, 3.05) is 18.0 Å². The molecule has 1 amide bonds. The van der Waals surface area contributed by atoms with E-state index < -0.39 is 15.3 Å². The van der Waals surface area contributed by atoms with Crippen molar-refractivity contribution < 1.29 is 17.9 Å². The minimum atomic E-state index is -3.85. The molecule has 2 aromatic carbocycles. The van der Waals surface area contributed by atoms with Crippen LogP contribution in [0.1, 0.15) is 44.7 Å². The van der Waals surface area contributed by atoms with Crippen LogP contribution in [0, 0.1) is 0 Å². The van der Waals surface area contributed by atoms with Gasteiger partial charge in [0.05, 0.1) is 12.8 Å². The number of nitrogens with one attached hydrogen (secondary N) is 3.